The van der Waals surface area contributed by atoms with E-state index in [0.29, 0.717) is 5.76 Å². The van der Waals surface area contributed by atoms with Crippen molar-refractivity contribution in [1.82, 2.24) is 0 Å². The standard InChI is InChI=1S/C15H32O3Si2/c1-15(2,3)20(7,8)17-12-10-9-11-14(13-16)18-19(4,5)6/h9,11,13,16H,10,12H2,1-8H3/b11-9+,14-13-. The molecule has 0 atom stereocenters. The van der Waals surface area contributed by atoms with Crippen LogP contribution in [0.5, 0.6) is 0 Å². The Morgan fingerprint density at radius 1 is 1.10 bits per heavy atom. The first-order chi connectivity index (χ1) is 8.89. The predicted octanol–water partition coefficient (Wildman–Crippen LogP) is 5.21. The van der Waals surface area contributed by atoms with Crippen molar-refractivity contribution in [3.8, 4) is 0 Å². The number of allylic oxidation sites excluding steroid dienone is 1. The first-order valence-corrected chi connectivity index (χ1v) is 13.5. The fourth-order valence-corrected chi connectivity index (χ4v) is 3.14. The third kappa shape index (κ3) is 7.92. The maximum atomic E-state index is 9.14. The van der Waals surface area contributed by atoms with Crippen LogP contribution in [0, 0.1) is 0 Å². The van der Waals surface area contributed by atoms with Gasteiger partial charge >= 0.3 is 0 Å². The molecule has 0 radical (unpaired) electrons. The molecule has 0 aromatic rings. The van der Waals surface area contributed by atoms with Gasteiger partial charge < -0.3 is 14.0 Å². The molecule has 0 bridgehead atoms. The van der Waals surface area contributed by atoms with Crippen LogP contribution in [0.2, 0.25) is 37.8 Å². The first-order valence-electron chi connectivity index (χ1n) is 7.23. The van der Waals surface area contributed by atoms with Crippen LogP contribution in [0.4, 0.5) is 0 Å². The summed E-state index contributed by atoms with van der Waals surface area (Å²) >= 11 is 0. The van der Waals surface area contributed by atoms with Crippen LogP contribution < -0.4 is 0 Å². The van der Waals surface area contributed by atoms with E-state index in [1.54, 1.807) is 0 Å². The van der Waals surface area contributed by atoms with E-state index in [4.69, 9.17) is 14.0 Å². The predicted molar refractivity (Wildman–Crippen MR) is 92.0 cm³/mol. The normalized spacial score (nSPS) is 14.9. The molecule has 0 aliphatic heterocycles. The largest absolute Gasteiger partial charge is 0.542 e. The number of hydrogen-bond donors (Lipinski definition) is 1. The van der Waals surface area contributed by atoms with Gasteiger partial charge in [-0.15, -0.1) is 0 Å². The Hall–Kier alpha value is -0.526. The molecule has 0 unspecified atom stereocenters. The number of rotatable bonds is 7. The van der Waals surface area contributed by atoms with Crippen LogP contribution in [0.25, 0.3) is 0 Å². The second-order valence-electron chi connectivity index (χ2n) is 7.55. The van der Waals surface area contributed by atoms with Crippen molar-refractivity contribution < 1.29 is 14.0 Å². The highest BCUT2D eigenvalue weighted by Crippen LogP contribution is 2.36. The minimum Gasteiger partial charge on any atom is -0.542 e. The van der Waals surface area contributed by atoms with Gasteiger partial charge in [-0.25, -0.2) is 0 Å². The molecule has 0 heterocycles. The smallest absolute Gasteiger partial charge is 0.242 e. The van der Waals surface area contributed by atoms with E-state index in [0.717, 1.165) is 19.3 Å². The SMILES string of the molecule is CC(C)(C)[Si](C)(C)OCC/C=C/C(=C/O)O[Si](C)(C)C. The quantitative estimate of drug-likeness (QED) is 0.303. The van der Waals surface area contributed by atoms with Crippen LogP contribution in [-0.4, -0.2) is 28.3 Å². The van der Waals surface area contributed by atoms with Crippen LogP contribution in [0.3, 0.4) is 0 Å². The van der Waals surface area contributed by atoms with E-state index in [-0.39, 0.29) is 5.04 Å². The lowest BCUT2D eigenvalue weighted by atomic mass is 10.2. The minimum atomic E-state index is -1.67. The third-order valence-corrected chi connectivity index (χ3v) is 8.77. The molecule has 0 saturated carbocycles. The zero-order valence-corrected chi connectivity index (χ0v) is 16.4. The number of aliphatic hydroxyl groups excluding tert-OH is 1. The zero-order chi connectivity index (χ0) is 16.0. The zero-order valence-electron chi connectivity index (χ0n) is 14.4. The molecular formula is C15H32O3Si2. The summed E-state index contributed by atoms with van der Waals surface area (Å²) in [5, 5.41) is 9.39. The second-order valence-corrected chi connectivity index (χ2v) is 16.8. The molecule has 3 nitrogen and oxygen atoms in total. The summed E-state index contributed by atoms with van der Waals surface area (Å²) in [5.74, 6) is 0.538. The molecule has 0 aliphatic rings. The Morgan fingerprint density at radius 3 is 2.05 bits per heavy atom. The van der Waals surface area contributed by atoms with E-state index in [1.165, 1.54) is 0 Å². The van der Waals surface area contributed by atoms with Crippen LogP contribution >= 0.6 is 0 Å². The van der Waals surface area contributed by atoms with Gasteiger partial charge in [0.15, 0.2) is 8.32 Å². The van der Waals surface area contributed by atoms with Crippen molar-refractivity contribution in [2.45, 2.75) is 65.0 Å². The first kappa shape index (κ1) is 19.5. The second kappa shape index (κ2) is 7.47. The van der Waals surface area contributed by atoms with Crippen molar-refractivity contribution in [2.75, 3.05) is 6.61 Å². The molecule has 5 heteroatoms. The number of aliphatic hydroxyl groups is 1. The van der Waals surface area contributed by atoms with Gasteiger partial charge in [-0.2, -0.15) is 0 Å². The van der Waals surface area contributed by atoms with Gasteiger partial charge in [-0.3, -0.25) is 0 Å². The van der Waals surface area contributed by atoms with E-state index in [2.05, 4.69) is 53.5 Å². The summed E-state index contributed by atoms with van der Waals surface area (Å²) in [5.41, 5.74) is 0. The lowest BCUT2D eigenvalue weighted by Gasteiger charge is -2.36. The van der Waals surface area contributed by atoms with Gasteiger partial charge in [0.25, 0.3) is 0 Å². The molecule has 118 valence electrons. The molecule has 1 N–H and O–H groups in total. The Morgan fingerprint density at radius 2 is 1.65 bits per heavy atom. The summed E-state index contributed by atoms with van der Waals surface area (Å²) in [6.07, 6.45) is 5.69. The summed E-state index contributed by atoms with van der Waals surface area (Å²) < 4.78 is 11.8. The summed E-state index contributed by atoms with van der Waals surface area (Å²) in [7, 11) is -3.32. The molecule has 0 rings (SSSR count). The van der Waals surface area contributed by atoms with Gasteiger partial charge in [-0.1, -0.05) is 26.8 Å². The lowest BCUT2D eigenvalue weighted by molar-refractivity contribution is 0.294. The Kier molecular flexibility index (Phi) is 7.28. The van der Waals surface area contributed by atoms with E-state index in [1.807, 2.05) is 12.2 Å². The van der Waals surface area contributed by atoms with Gasteiger partial charge in [0.1, 0.15) is 12.0 Å². The van der Waals surface area contributed by atoms with Crippen LogP contribution in [0.15, 0.2) is 24.2 Å². The van der Waals surface area contributed by atoms with E-state index in [9.17, 15) is 0 Å². The van der Waals surface area contributed by atoms with E-state index < -0.39 is 16.6 Å². The average Bonchev–Trinajstić information content (AvgIpc) is 2.23. The van der Waals surface area contributed by atoms with Crippen molar-refractivity contribution in [3.63, 3.8) is 0 Å². The highest BCUT2D eigenvalue weighted by Gasteiger charge is 2.36. The molecule has 0 aromatic heterocycles. The lowest BCUT2D eigenvalue weighted by Crippen LogP contribution is -2.40. The Labute approximate surface area is 126 Å². The third-order valence-electron chi connectivity index (χ3n) is 3.39. The molecule has 0 fully saturated rings. The maximum absolute atomic E-state index is 9.14. The minimum absolute atomic E-state index is 0.244. The van der Waals surface area contributed by atoms with Gasteiger partial charge in [0, 0.05) is 6.61 Å². The van der Waals surface area contributed by atoms with E-state index >= 15 is 0 Å². The van der Waals surface area contributed by atoms with Crippen molar-refractivity contribution in [2.24, 2.45) is 0 Å². The van der Waals surface area contributed by atoms with Crippen LogP contribution in [0.1, 0.15) is 27.2 Å². The summed E-state index contributed by atoms with van der Waals surface area (Å²) in [6.45, 7) is 18.2. The van der Waals surface area contributed by atoms with Crippen molar-refractivity contribution in [1.29, 1.82) is 0 Å². The molecule has 20 heavy (non-hydrogen) atoms. The topological polar surface area (TPSA) is 38.7 Å². The summed E-state index contributed by atoms with van der Waals surface area (Å²) in [6, 6.07) is 0. The van der Waals surface area contributed by atoms with Crippen molar-refractivity contribution >= 4 is 16.6 Å². The fourth-order valence-electron chi connectivity index (χ4n) is 1.26. The Bertz CT molecular complexity index is 347. The molecular weight excluding hydrogens is 284 g/mol. The maximum Gasteiger partial charge on any atom is 0.242 e. The van der Waals surface area contributed by atoms with Gasteiger partial charge in [0.05, 0.1) is 0 Å². The molecule has 0 spiro atoms. The van der Waals surface area contributed by atoms with Crippen LogP contribution in [-0.2, 0) is 8.85 Å². The highest BCUT2D eigenvalue weighted by atomic mass is 28.4. The molecule has 0 amide bonds. The monoisotopic (exact) mass is 316 g/mol. The highest BCUT2D eigenvalue weighted by molar-refractivity contribution is 6.74. The summed E-state index contributed by atoms with van der Waals surface area (Å²) in [4.78, 5) is 0. The van der Waals surface area contributed by atoms with Crippen molar-refractivity contribution in [3.05, 3.63) is 24.2 Å². The number of hydrogen-bond acceptors (Lipinski definition) is 3. The average molecular weight is 317 g/mol. The Balaban J connectivity index is 4.22. The van der Waals surface area contributed by atoms with Gasteiger partial charge in [-0.05, 0) is 50.3 Å². The molecule has 0 aromatic carbocycles. The molecule has 0 saturated heterocycles. The van der Waals surface area contributed by atoms with Gasteiger partial charge in [0.2, 0.25) is 8.32 Å². The fraction of sp³-hybridized carbons (Fsp3) is 0.733. The molecule has 0 aliphatic carbocycles.